The van der Waals surface area contributed by atoms with Crippen LogP contribution in [0.5, 0.6) is 5.75 Å². The molecule has 1 aromatic heterocycles. The number of hydrogen-bond donors (Lipinski definition) is 2. The van der Waals surface area contributed by atoms with Crippen molar-refractivity contribution in [3.05, 3.63) is 35.3 Å². The van der Waals surface area contributed by atoms with E-state index in [1.807, 2.05) is 31.2 Å². The molecule has 3 rings (SSSR count). The number of methoxy groups -OCH3 is 1. The Bertz CT molecular complexity index is 842. The largest absolute Gasteiger partial charge is 0.497 e. The molecule has 0 aliphatic heterocycles. The van der Waals surface area contributed by atoms with Crippen LogP contribution in [0.1, 0.15) is 38.3 Å². The molecule has 166 valence electrons. The van der Waals surface area contributed by atoms with Crippen molar-refractivity contribution in [3.63, 3.8) is 0 Å². The van der Waals surface area contributed by atoms with Gasteiger partial charge in [-0.05, 0) is 43.5 Å². The predicted octanol–water partition coefficient (Wildman–Crippen LogP) is 4.18. The smallest absolute Gasteiger partial charge is 0.191 e. The first-order valence-electron chi connectivity index (χ1n) is 10.1. The number of rotatable bonds is 7. The highest BCUT2D eigenvalue weighted by atomic mass is 127. The molecule has 9 heteroatoms. The third kappa shape index (κ3) is 6.91. The molecule has 1 aromatic carbocycles. The van der Waals surface area contributed by atoms with Crippen molar-refractivity contribution in [2.45, 2.75) is 50.4 Å². The lowest BCUT2D eigenvalue weighted by Crippen LogP contribution is -2.46. The maximum absolute atomic E-state index is 12.2. The average molecular weight is 563 g/mol. The summed E-state index contributed by atoms with van der Waals surface area (Å²) >= 11 is 1.63. The second-order valence-electron chi connectivity index (χ2n) is 7.10. The molecule has 1 aliphatic rings. The van der Waals surface area contributed by atoms with Crippen molar-refractivity contribution in [1.82, 2.24) is 15.6 Å². The minimum absolute atomic E-state index is 0. The van der Waals surface area contributed by atoms with Crippen LogP contribution in [0.2, 0.25) is 0 Å². The highest BCUT2D eigenvalue weighted by Gasteiger charge is 2.26. The van der Waals surface area contributed by atoms with E-state index in [9.17, 15) is 4.21 Å². The van der Waals surface area contributed by atoms with Gasteiger partial charge in [-0.1, -0.05) is 13.3 Å². The van der Waals surface area contributed by atoms with Crippen molar-refractivity contribution in [2.24, 2.45) is 4.99 Å². The molecule has 1 heterocycles. The molecular weight excluding hydrogens is 531 g/mol. The number of halogens is 1. The fraction of sp³-hybridized carbons (Fsp3) is 0.524. The van der Waals surface area contributed by atoms with Gasteiger partial charge < -0.3 is 15.4 Å². The van der Waals surface area contributed by atoms with Gasteiger partial charge in [-0.25, -0.2) is 4.98 Å². The van der Waals surface area contributed by atoms with Gasteiger partial charge in [-0.3, -0.25) is 9.20 Å². The maximum atomic E-state index is 12.2. The normalized spacial score (nSPS) is 20.2. The Kier molecular flexibility index (Phi) is 10.5. The summed E-state index contributed by atoms with van der Waals surface area (Å²) in [5, 5.41) is 10.2. The number of aliphatic imine (C=N–C) groups is 1. The highest BCUT2D eigenvalue weighted by Crippen LogP contribution is 2.26. The van der Waals surface area contributed by atoms with Crippen LogP contribution >= 0.6 is 35.3 Å². The number of benzene rings is 1. The molecule has 2 N–H and O–H groups in total. The molecule has 0 radical (unpaired) electrons. The van der Waals surface area contributed by atoms with Crippen LogP contribution in [0.4, 0.5) is 0 Å². The Balaban J connectivity index is 0.00000320. The second-order valence-corrected chi connectivity index (χ2v) is 9.96. The van der Waals surface area contributed by atoms with E-state index in [0.717, 1.165) is 59.4 Å². The van der Waals surface area contributed by atoms with Gasteiger partial charge in [-0.15, -0.1) is 35.3 Å². The zero-order chi connectivity index (χ0) is 20.6. The van der Waals surface area contributed by atoms with Gasteiger partial charge in [0.25, 0.3) is 0 Å². The van der Waals surface area contributed by atoms with Crippen molar-refractivity contribution in [3.8, 4) is 16.3 Å². The first-order chi connectivity index (χ1) is 14.1. The Morgan fingerprint density at radius 3 is 2.77 bits per heavy atom. The Hall–Kier alpha value is -1.20. The van der Waals surface area contributed by atoms with Crippen LogP contribution in [0.25, 0.3) is 10.6 Å². The summed E-state index contributed by atoms with van der Waals surface area (Å²) in [6, 6.07) is 8.26. The number of hydrogen-bond acceptors (Lipinski definition) is 5. The predicted molar refractivity (Wildman–Crippen MR) is 138 cm³/mol. The maximum Gasteiger partial charge on any atom is 0.191 e. The third-order valence-corrected chi connectivity index (χ3v) is 7.85. The number of nitrogens with zero attached hydrogens (tertiary/aromatic N) is 2. The third-order valence-electron chi connectivity index (χ3n) is 5.17. The molecule has 0 bridgehead atoms. The van der Waals surface area contributed by atoms with E-state index in [1.165, 1.54) is 0 Å². The summed E-state index contributed by atoms with van der Waals surface area (Å²) < 4.78 is 17.4. The van der Waals surface area contributed by atoms with Gasteiger partial charge in [-0.2, -0.15) is 0 Å². The molecule has 1 fully saturated rings. The quantitative estimate of drug-likeness (QED) is 0.301. The first kappa shape index (κ1) is 25.1. The molecule has 0 spiro atoms. The van der Waals surface area contributed by atoms with E-state index in [4.69, 9.17) is 9.72 Å². The lowest BCUT2D eigenvalue weighted by Gasteiger charge is -2.30. The molecule has 2 aromatic rings. The number of aromatic nitrogens is 1. The van der Waals surface area contributed by atoms with Crippen molar-refractivity contribution in [1.29, 1.82) is 0 Å². The van der Waals surface area contributed by atoms with E-state index in [1.54, 1.807) is 25.5 Å². The van der Waals surface area contributed by atoms with E-state index >= 15 is 0 Å². The van der Waals surface area contributed by atoms with Crippen LogP contribution in [0.15, 0.2) is 34.6 Å². The van der Waals surface area contributed by atoms with Gasteiger partial charge in [0.05, 0.1) is 19.3 Å². The zero-order valence-electron chi connectivity index (χ0n) is 17.7. The van der Waals surface area contributed by atoms with E-state index in [2.05, 4.69) is 21.0 Å². The number of guanidine groups is 1. The summed E-state index contributed by atoms with van der Waals surface area (Å²) in [5.41, 5.74) is 2.07. The second kappa shape index (κ2) is 12.6. The molecule has 1 saturated carbocycles. The lowest BCUT2D eigenvalue weighted by atomic mass is 9.95. The van der Waals surface area contributed by atoms with Crippen LogP contribution in [0.3, 0.4) is 0 Å². The van der Waals surface area contributed by atoms with Crippen molar-refractivity contribution < 1.29 is 8.95 Å². The van der Waals surface area contributed by atoms with Crippen LogP contribution in [0, 0.1) is 0 Å². The zero-order valence-corrected chi connectivity index (χ0v) is 21.7. The fourth-order valence-electron chi connectivity index (χ4n) is 3.57. The molecule has 0 saturated heterocycles. The molecule has 3 atom stereocenters. The number of ether oxygens (including phenoxy) is 1. The Labute approximate surface area is 202 Å². The summed E-state index contributed by atoms with van der Waals surface area (Å²) in [6.45, 7) is 2.62. The topological polar surface area (TPSA) is 75.6 Å². The van der Waals surface area contributed by atoms with Gasteiger partial charge in [0, 0.05) is 45.8 Å². The summed E-state index contributed by atoms with van der Waals surface area (Å²) in [6.07, 6.45) is 4.22. The van der Waals surface area contributed by atoms with Gasteiger partial charge in [0.2, 0.25) is 0 Å². The molecule has 30 heavy (non-hydrogen) atoms. The van der Waals surface area contributed by atoms with Crippen LogP contribution < -0.4 is 15.4 Å². The molecule has 3 unspecified atom stereocenters. The lowest BCUT2D eigenvalue weighted by molar-refractivity contribution is 0.413. The number of nitrogens with one attached hydrogen (secondary N) is 2. The molecular formula is C21H31IN4O2S2. The monoisotopic (exact) mass is 562 g/mol. The Morgan fingerprint density at radius 2 is 2.10 bits per heavy atom. The number of thiazole rings is 1. The summed E-state index contributed by atoms with van der Waals surface area (Å²) in [4.78, 5) is 9.08. The highest BCUT2D eigenvalue weighted by molar-refractivity contribution is 14.0. The van der Waals surface area contributed by atoms with E-state index in [0.29, 0.717) is 17.8 Å². The van der Waals surface area contributed by atoms with E-state index in [-0.39, 0.29) is 24.0 Å². The molecule has 0 amide bonds. The first-order valence-corrected chi connectivity index (χ1v) is 12.3. The van der Waals surface area contributed by atoms with Crippen LogP contribution in [-0.2, 0) is 17.3 Å². The van der Waals surface area contributed by atoms with Gasteiger partial charge in [0.15, 0.2) is 5.96 Å². The minimum atomic E-state index is -0.719. The van der Waals surface area contributed by atoms with Crippen LogP contribution in [-0.4, -0.2) is 46.4 Å². The standard InChI is InChI=1S/C21H30N4O2S2.HI/c1-4-29(26)19-7-5-6-16(12-19)25-21(22-2)23-13-17-14-28-20(24-17)15-8-10-18(27-3)11-9-15;/h8-11,14,16,19H,4-7,12-13H2,1-3H3,(H2,22,23,25);1H. The van der Waals surface area contributed by atoms with Crippen molar-refractivity contribution in [2.75, 3.05) is 19.9 Å². The fourth-order valence-corrected chi connectivity index (χ4v) is 5.74. The van der Waals surface area contributed by atoms with Gasteiger partial charge >= 0.3 is 0 Å². The average Bonchev–Trinajstić information content (AvgIpc) is 3.25. The summed E-state index contributed by atoms with van der Waals surface area (Å²) in [7, 11) is 2.73. The van der Waals surface area contributed by atoms with E-state index < -0.39 is 10.8 Å². The molecule has 1 aliphatic carbocycles. The minimum Gasteiger partial charge on any atom is -0.497 e. The summed E-state index contributed by atoms with van der Waals surface area (Å²) in [5.74, 6) is 2.36. The van der Waals surface area contributed by atoms with Crippen molar-refractivity contribution >= 4 is 52.1 Å². The van der Waals surface area contributed by atoms with Gasteiger partial charge in [0.1, 0.15) is 10.8 Å². The Morgan fingerprint density at radius 1 is 1.33 bits per heavy atom. The SMILES string of the molecule is CCS(=O)C1CCCC(NC(=NC)NCc2csc(-c3ccc(OC)cc3)n2)C1.I. The molecule has 6 nitrogen and oxygen atoms in total.